The van der Waals surface area contributed by atoms with Crippen molar-refractivity contribution in [2.75, 3.05) is 13.7 Å². The van der Waals surface area contributed by atoms with Gasteiger partial charge in [0.1, 0.15) is 0 Å². The van der Waals surface area contributed by atoms with Gasteiger partial charge in [-0.05, 0) is 30.8 Å². The lowest BCUT2D eigenvalue weighted by Gasteiger charge is -2.39. The fourth-order valence-corrected chi connectivity index (χ4v) is 2.60. The molecule has 3 nitrogen and oxygen atoms in total. The van der Waals surface area contributed by atoms with Crippen LogP contribution in [-0.4, -0.2) is 25.7 Å². The Bertz CT molecular complexity index is 260. The van der Waals surface area contributed by atoms with E-state index in [1.807, 2.05) is 0 Å². The molecule has 0 aromatic carbocycles. The van der Waals surface area contributed by atoms with Crippen LogP contribution in [0, 0.1) is 11.8 Å². The number of carbonyl (C=O) groups is 1. The van der Waals surface area contributed by atoms with Crippen LogP contribution in [0.5, 0.6) is 0 Å². The van der Waals surface area contributed by atoms with Gasteiger partial charge in [0.15, 0.2) is 0 Å². The van der Waals surface area contributed by atoms with Gasteiger partial charge >= 0.3 is 0 Å². The molecule has 2 aliphatic rings. The second-order valence-electron chi connectivity index (χ2n) is 4.27. The minimum absolute atomic E-state index is 0.0834. The Balaban J connectivity index is 2.10. The van der Waals surface area contributed by atoms with E-state index in [-0.39, 0.29) is 17.9 Å². The first-order valence-electron chi connectivity index (χ1n) is 5.20. The topological polar surface area (TPSA) is 38.3 Å². The maximum atomic E-state index is 11.6. The van der Waals surface area contributed by atoms with E-state index in [4.69, 9.17) is 4.74 Å². The van der Waals surface area contributed by atoms with E-state index < -0.39 is 0 Å². The summed E-state index contributed by atoms with van der Waals surface area (Å²) in [5.41, 5.74) is 1.16. The van der Waals surface area contributed by atoms with Crippen molar-refractivity contribution < 1.29 is 9.53 Å². The Morgan fingerprint density at radius 3 is 3.07 bits per heavy atom. The average molecular weight is 195 g/mol. The summed E-state index contributed by atoms with van der Waals surface area (Å²) in [5.74, 6) is 0.859. The molecule has 1 aliphatic heterocycles. The maximum absolute atomic E-state index is 11.6. The van der Waals surface area contributed by atoms with Crippen LogP contribution in [0.25, 0.3) is 0 Å². The molecule has 3 heteroatoms. The lowest BCUT2D eigenvalue weighted by molar-refractivity contribution is -0.131. The second-order valence-corrected chi connectivity index (χ2v) is 4.27. The number of carbonyl (C=O) groups excluding carboxylic acids is 1. The van der Waals surface area contributed by atoms with Crippen molar-refractivity contribution in [2.45, 2.75) is 25.4 Å². The molecule has 3 unspecified atom stereocenters. The molecule has 1 N–H and O–H groups in total. The fourth-order valence-electron chi connectivity index (χ4n) is 2.60. The highest BCUT2D eigenvalue weighted by atomic mass is 16.5. The number of hydrogen-bond acceptors (Lipinski definition) is 2. The standard InChI is InChI=1S/C11H17NO2/c1-7-5-8-3-4-12-11(13)9(8)6-10(7)14-2/h8-10H,1,3-6H2,2H3,(H,12,13). The molecule has 0 aromatic heterocycles. The third-order valence-corrected chi connectivity index (χ3v) is 3.45. The van der Waals surface area contributed by atoms with Crippen LogP contribution in [0.15, 0.2) is 12.2 Å². The first kappa shape index (κ1) is 9.71. The summed E-state index contributed by atoms with van der Waals surface area (Å²) in [4.78, 5) is 11.6. The molecule has 2 fully saturated rings. The number of rotatable bonds is 1. The third kappa shape index (κ3) is 1.57. The predicted octanol–water partition coefficient (Wildman–Crippen LogP) is 1.10. The van der Waals surface area contributed by atoms with E-state index in [0.29, 0.717) is 5.92 Å². The van der Waals surface area contributed by atoms with Gasteiger partial charge < -0.3 is 10.1 Å². The van der Waals surface area contributed by atoms with Gasteiger partial charge in [0, 0.05) is 19.6 Å². The zero-order chi connectivity index (χ0) is 10.1. The number of piperidine rings is 1. The van der Waals surface area contributed by atoms with E-state index in [1.165, 1.54) is 0 Å². The van der Waals surface area contributed by atoms with Crippen molar-refractivity contribution in [3.05, 3.63) is 12.2 Å². The number of nitrogens with one attached hydrogen (secondary N) is 1. The molecule has 0 aromatic rings. The highest BCUT2D eigenvalue weighted by molar-refractivity contribution is 5.80. The molecular weight excluding hydrogens is 178 g/mol. The summed E-state index contributed by atoms with van der Waals surface area (Å²) in [6.07, 6.45) is 2.94. The highest BCUT2D eigenvalue weighted by Crippen LogP contribution is 2.37. The minimum atomic E-state index is 0.0834. The van der Waals surface area contributed by atoms with E-state index >= 15 is 0 Å². The van der Waals surface area contributed by atoms with Gasteiger partial charge in [-0.1, -0.05) is 6.58 Å². The number of ether oxygens (including phenoxy) is 1. The van der Waals surface area contributed by atoms with Gasteiger partial charge in [-0.25, -0.2) is 0 Å². The maximum Gasteiger partial charge on any atom is 0.223 e. The Morgan fingerprint density at radius 1 is 1.57 bits per heavy atom. The zero-order valence-corrected chi connectivity index (χ0v) is 8.58. The Hall–Kier alpha value is -0.830. The molecule has 1 saturated heterocycles. The molecule has 3 atom stereocenters. The van der Waals surface area contributed by atoms with Crippen molar-refractivity contribution in [3.63, 3.8) is 0 Å². The summed E-state index contributed by atoms with van der Waals surface area (Å²) in [7, 11) is 1.69. The van der Waals surface area contributed by atoms with Crippen LogP contribution < -0.4 is 5.32 Å². The molecular formula is C11H17NO2. The normalized spacial score (nSPS) is 37.6. The van der Waals surface area contributed by atoms with Crippen molar-refractivity contribution in [1.82, 2.24) is 5.32 Å². The van der Waals surface area contributed by atoms with Crippen LogP contribution in [0.3, 0.4) is 0 Å². The zero-order valence-electron chi connectivity index (χ0n) is 8.58. The van der Waals surface area contributed by atoms with Crippen molar-refractivity contribution in [1.29, 1.82) is 0 Å². The van der Waals surface area contributed by atoms with Crippen molar-refractivity contribution in [2.24, 2.45) is 11.8 Å². The predicted molar refractivity (Wildman–Crippen MR) is 53.8 cm³/mol. The average Bonchev–Trinajstić information content (AvgIpc) is 2.17. The summed E-state index contributed by atoms with van der Waals surface area (Å²) in [5, 5.41) is 2.92. The monoisotopic (exact) mass is 195 g/mol. The molecule has 78 valence electrons. The van der Waals surface area contributed by atoms with Crippen LogP contribution in [0.1, 0.15) is 19.3 Å². The van der Waals surface area contributed by atoms with E-state index in [2.05, 4.69) is 11.9 Å². The SMILES string of the molecule is C=C1CC2CCNC(=O)C2CC1OC. The third-order valence-electron chi connectivity index (χ3n) is 3.45. The molecule has 14 heavy (non-hydrogen) atoms. The molecule has 2 rings (SSSR count). The van der Waals surface area contributed by atoms with Gasteiger partial charge in [0.2, 0.25) is 5.91 Å². The van der Waals surface area contributed by atoms with Crippen LogP contribution >= 0.6 is 0 Å². The largest absolute Gasteiger partial charge is 0.377 e. The molecule has 1 aliphatic carbocycles. The lowest BCUT2D eigenvalue weighted by atomic mass is 9.72. The second kappa shape index (κ2) is 3.73. The molecule has 1 saturated carbocycles. The van der Waals surface area contributed by atoms with Gasteiger partial charge in [-0.3, -0.25) is 4.79 Å². The molecule has 0 radical (unpaired) electrons. The lowest BCUT2D eigenvalue weighted by Crippen LogP contribution is -2.46. The Labute approximate surface area is 84.5 Å². The van der Waals surface area contributed by atoms with Gasteiger partial charge in [0.25, 0.3) is 0 Å². The molecule has 0 bridgehead atoms. The van der Waals surface area contributed by atoms with E-state index in [9.17, 15) is 4.79 Å². The van der Waals surface area contributed by atoms with Crippen molar-refractivity contribution >= 4 is 5.91 Å². The van der Waals surface area contributed by atoms with Gasteiger partial charge in [-0.15, -0.1) is 0 Å². The summed E-state index contributed by atoms with van der Waals surface area (Å²) < 4.78 is 5.32. The summed E-state index contributed by atoms with van der Waals surface area (Å²) >= 11 is 0. The Kier molecular flexibility index (Phi) is 2.59. The fraction of sp³-hybridized carbons (Fsp3) is 0.727. The minimum Gasteiger partial charge on any atom is -0.377 e. The van der Waals surface area contributed by atoms with E-state index in [1.54, 1.807) is 7.11 Å². The summed E-state index contributed by atoms with van der Waals surface area (Å²) in [6.45, 7) is 4.85. The van der Waals surface area contributed by atoms with Gasteiger partial charge in [-0.2, -0.15) is 0 Å². The quantitative estimate of drug-likeness (QED) is 0.636. The first-order chi connectivity index (χ1) is 6.72. The number of amides is 1. The van der Waals surface area contributed by atoms with Crippen LogP contribution in [0.2, 0.25) is 0 Å². The highest BCUT2D eigenvalue weighted by Gasteiger charge is 2.38. The van der Waals surface area contributed by atoms with Crippen LogP contribution in [-0.2, 0) is 9.53 Å². The van der Waals surface area contributed by atoms with Crippen LogP contribution in [0.4, 0.5) is 0 Å². The number of hydrogen-bond donors (Lipinski definition) is 1. The smallest absolute Gasteiger partial charge is 0.223 e. The Morgan fingerprint density at radius 2 is 2.36 bits per heavy atom. The van der Waals surface area contributed by atoms with Gasteiger partial charge in [0.05, 0.1) is 6.10 Å². The summed E-state index contributed by atoms with van der Waals surface area (Å²) in [6, 6.07) is 0. The van der Waals surface area contributed by atoms with Crippen molar-refractivity contribution in [3.8, 4) is 0 Å². The number of fused-ring (bicyclic) bond motifs is 1. The first-order valence-corrected chi connectivity index (χ1v) is 5.20. The molecule has 0 spiro atoms. The molecule has 1 amide bonds. The van der Waals surface area contributed by atoms with E-state index in [0.717, 1.165) is 31.4 Å². The molecule has 1 heterocycles. The number of methoxy groups -OCH3 is 1.